The van der Waals surface area contributed by atoms with Gasteiger partial charge < -0.3 is 14.1 Å². The number of ether oxygens (including phenoxy) is 1. The molecule has 140 valence electrons. The van der Waals surface area contributed by atoms with Crippen LogP contribution in [0.4, 0.5) is 4.79 Å². The number of halogens is 1. The fourth-order valence-electron chi connectivity index (χ4n) is 4.38. The lowest BCUT2D eigenvalue weighted by Gasteiger charge is -2.47. The minimum atomic E-state index is -1.89. The molecule has 24 heavy (non-hydrogen) atoms. The Morgan fingerprint density at radius 2 is 1.71 bits per heavy atom. The number of hydrogen-bond donors (Lipinski definition) is 0. The van der Waals surface area contributed by atoms with Crippen molar-refractivity contribution in [3.63, 3.8) is 0 Å². The van der Waals surface area contributed by atoms with Gasteiger partial charge in [-0.2, -0.15) is 0 Å². The molecule has 0 N–H and O–H groups in total. The molecule has 0 bridgehead atoms. The van der Waals surface area contributed by atoms with Crippen LogP contribution in [0.15, 0.2) is 10.2 Å². The highest BCUT2D eigenvalue weighted by molar-refractivity contribution is 14.1. The summed E-state index contributed by atoms with van der Waals surface area (Å²) in [4.78, 5) is 13.8. The van der Waals surface area contributed by atoms with Crippen molar-refractivity contribution in [2.75, 3.05) is 13.7 Å². The third-order valence-corrected chi connectivity index (χ3v) is 11.9. The van der Waals surface area contributed by atoms with Crippen LogP contribution in [-0.4, -0.2) is 45.1 Å². The Hall–Kier alpha value is -0.0831. The van der Waals surface area contributed by atoms with E-state index in [0.717, 1.165) is 12.8 Å². The first-order valence-electron chi connectivity index (χ1n) is 8.99. The number of piperidine rings is 1. The number of carbonyl (C=O) groups is 1. The minimum Gasteiger partial charge on any atom is -0.453 e. The first kappa shape index (κ1) is 22.0. The second kappa shape index (κ2) is 9.57. The SMILES string of the molecule is COC(=O)N1CC[C@@H](O[Si](C(C)C)(C(C)C)C(C)C)C[C@H]1/C=C/I. The monoisotopic (exact) mass is 467 g/mol. The summed E-state index contributed by atoms with van der Waals surface area (Å²) >= 11 is 2.21. The Kier molecular flexibility index (Phi) is 8.76. The predicted molar refractivity (Wildman–Crippen MR) is 111 cm³/mol. The molecule has 1 amide bonds. The quantitative estimate of drug-likeness (QED) is 0.370. The molecule has 1 aliphatic rings. The zero-order valence-corrected chi connectivity index (χ0v) is 19.4. The van der Waals surface area contributed by atoms with Crippen molar-refractivity contribution in [3.8, 4) is 0 Å². The molecule has 0 unspecified atom stereocenters. The van der Waals surface area contributed by atoms with Crippen molar-refractivity contribution in [2.24, 2.45) is 0 Å². The third kappa shape index (κ3) is 4.75. The molecule has 1 heterocycles. The Morgan fingerprint density at radius 1 is 1.17 bits per heavy atom. The van der Waals surface area contributed by atoms with Gasteiger partial charge in [-0.25, -0.2) is 4.79 Å². The maximum atomic E-state index is 12.0. The first-order valence-corrected chi connectivity index (χ1v) is 12.4. The van der Waals surface area contributed by atoms with Gasteiger partial charge in [0.05, 0.1) is 13.2 Å². The van der Waals surface area contributed by atoms with E-state index in [4.69, 9.17) is 9.16 Å². The number of hydrogen-bond acceptors (Lipinski definition) is 3. The first-order chi connectivity index (χ1) is 11.2. The number of carbonyl (C=O) groups excluding carboxylic acids is 1. The van der Waals surface area contributed by atoms with E-state index in [2.05, 4.69) is 70.2 Å². The summed E-state index contributed by atoms with van der Waals surface area (Å²) in [5.74, 6) is 0. The lowest BCUT2D eigenvalue weighted by molar-refractivity contribution is 0.0525. The van der Waals surface area contributed by atoms with E-state index in [0.29, 0.717) is 23.2 Å². The van der Waals surface area contributed by atoms with Crippen molar-refractivity contribution in [2.45, 2.75) is 83.2 Å². The van der Waals surface area contributed by atoms with Crippen LogP contribution in [0, 0.1) is 0 Å². The highest BCUT2D eigenvalue weighted by atomic mass is 127. The van der Waals surface area contributed by atoms with Crippen LogP contribution < -0.4 is 0 Å². The summed E-state index contributed by atoms with van der Waals surface area (Å²) < 4.78 is 13.8. The summed E-state index contributed by atoms with van der Waals surface area (Å²) in [5, 5.41) is 0. The molecule has 0 aliphatic carbocycles. The third-order valence-electron chi connectivity index (χ3n) is 5.38. The van der Waals surface area contributed by atoms with Gasteiger partial charge in [-0.15, -0.1) is 0 Å². The number of methoxy groups -OCH3 is 1. The van der Waals surface area contributed by atoms with Gasteiger partial charge >= 0.3 is 6.09 Å². The molecule has 1 rings (SSSR count). The lowest BCUT2D eigenvalue weighted by atomic mass is 10.0. The number of rotatable bonds is 6. The van der Waals surface area contributed by atoms with Crippen LogP contribution >= 0.6 is 22.6 Å². The van der Waals surface area contributed by atoms with Crippen molar-refractivity contribution >= 4 is 37.0 Å². The van der Waals surface area contributed by atoms with Crippen LogP contribution in [0.5, 0.6) is 0 Å². The summed E-state index contributed by atoms with van der Waals surface area (Å²) in [6.07, 6.45) is 3.81. The van der Waals surface area contributed by atoms with Gasteiger partial charge in [0.25, 0.3) is 0 Å². The minimum absolute atomic E-state index is 0.0614. The van der Waals surface area contributed by atoms with E-state index in [1.165, 1.54) is 7.11 Å². The highest BCUT2D eigenvalue weighted by Gasteiger charge is 2.47. The van der Waals surface area contributed by atoms with Crippen molar-refractivity contribution in [1.29, 1.82) is 0 Å². The molecule has 4 nitrogen and oxygen atoms in total. The van der Waals surface area contributed by atoms with Gasteiger partial charge in [0, 0.05) is 12.6 Å². The summed E-state index contributed by atoms with van der Waals surface area (Å²) in [7, 11) is -0.437. The average molecular weight is 467 g/mol. The molecular formula is C18H34INO3Si. The standard InChI is InChI=1S/C18H34INO3Si/c1-13(2)24(14(3)4,15(5)6)23-17-9-11-20(18(21)22-7)16(12-17)8-10-19/h8,10,13-17H,9,11-12H2,1-7H3/b10-8+/t16-,17-/m1/s1. The maximum Gasteiger partial charge on any atom is 0.409 e. The Balaban J connectivity index is 2.97. The largest absolute Gasteiger partial charge is 0.453 e. The van der Waals surface area contributed by atoms with Crippen LogP contribution in [0.2, 0.25) is 16.6 Å². The molecule has 2 atom stereocenters. The molecule has 1 fully saturated rings. The second-order valence-corrected chi connectivity index (χ2v) is 13.8. The van der Waals surface area contributed by atoms with Gasteiger partial charge in [0.15, 0.2) is 0 Å². The van der Waals surface area contributed by atoms with Crippen LogP contribution in [0.25, 0.3) is 0 Å². The normalized spacial score (nSPS) is 22.9. The van der Waals surface area contributed by atoms with Gasteiger partial charge in [-0.05, 0) is 33.5 Å². The Morgan fingerprint density at radius 3 is 2.12 bits per heavy atom. The zero-order valence-electron chi connectivity index (χ0n) is 16.2. The Bertz CT molecular complexity index is 418. The average Bonchev–Trinajstić information content (AvgIpc) is 2.51. The number of nitrogens with zero attached hydrogens (tertiary/aromatic N) is 1. The second-order valence-electron chi connectivity index (χ2n) is 7.63. The fraction of sp³-hybridized carbons (Fsp3) is 0.833. The van der Waals surface area contributed by atoms with Crippen LogP contribution in [-0.2, 0) is 9.16 Å². The molecule has 1 aliphatic heterocycles. The van der Waals surface area contributed by atoms with Crippen LogP contribution in [0.1, 0.15) is 54.4 Å². The van der Waals surface area contributed by atoms with Gasteiger partial charge in [0.2, 0.25) is 8.32 Å². The van der Waals surface area contributed by atoms with Crippen LogP contribution in [0.3, 0.4) is 0 Å². The van der Waals surface area contributed by atoms with Crippen molar-refractivity contribution in [1.82, 2.24) is 4.90 Å². The van der Waals surface area contributed by atoms with E-state index in [9.17, 15) is 4.79 Å². The molecule has 0 spiro atoms. The molecule has 1 saturated heterocycles. The molecular weight excluding hydrogens is 433 g/mol. The molecule has 0 aromatic rings. The van der Waals surface area contributed by atoms with Gasteiger partial charge in [-0.3, -0.25) is 0 Å². The lowest BCUT2D eigenvalue weighted by Crippen LogP contribution is -2.54. The molecule has 6 heteroatoms. The predicted octanol–water partition coefficient (Wildman–Crippen LogP) is 5.73. The van der Waals surface area contributed by atoms with E-state index in [1.807, 2.05) is 8.98 Å². The molecule has 0 saturated carbocycles. The van der Waals surface area contributed by atoms with E-state index in [1.54, 1.807) is 0 Å². The van der Waals surface area contributed by atoms with Crippen molar-refractivity contribution < 1.29 is 14.0 Å². The number of likely N-dealkylation sites (tertiary alicyclic amines) is 1. The van der Waals surface area contributed by atoms with Crippen molar-refractivity contribution in [3.05, 3.63) is 10.2 Å². The zero-order chi connectivity index (χ0) is 18.5. The molecule has 0 aromatic carbocycles. The van der Waals surface area contributed by atoms with E-state index in [-0.39, 0.29) is 18.2 Å². The maximum absolute atomic E-state index is 12.0. The van der Waals surface area contributed by atoms with E-state index < -0.39 is 8.32 Å². The van der Waals surface area contributed by atoms with Gasteiger partial charge in [0.1, 0.15) is 0 Å². The summed E-state index contributed by atoms with van der Waals surface area (Å²) in [6, 6.07) is 0.0614. The topological polar surface area (TPSA) is 38.8 Å². The summed E-state index contributed by atoms with van der Waals surface area (Å²) in [5.41, 5.74) is 1.74. The Labute approximate surface area is 162 Å². The van der Waals surface area contributed by atoms with Gasteiger partial charge in [-0.1, -0.05) is 70.2 Å². The molecule has 0 aromatic heterocycles. The smallest absolute Gasteiger partial charge is 0.409 e. The fourth-order valence-corrected chi connectivity index (χ4v) is 10.5. The molecule has 0 radical (unpaired) electrons. The number of amides is 1. The highest BCUT2D eigenvalue weighted by Crippen LogP contribution is 2.44. The van der Waals surface area contributed by atoms with E-state index >= 15 is 0 Å². The summed E-state index contributed by atoms with van der Waals surface area (Å²) in [6.45, 7) is 14.6.